The van der Waals surface area contributed by atoms with Crippen molar-refractivity contribution < 1.29 is 18.0 Å². The minimum Gasteiger partial charge on any atom is -0.461 e. The highest BCUT2D eigenvalue weighted by molar-refractivity contribution is 5.83. The lowest BCUT2D eigenvalue weighted by molar-refractivity contribution is -0.120. The Morgan fingerprint density at radius 3 is 2.90 bits per heavy atom. The zero-order valence-electron chi connectivity index (χ0n) is 12.0. The Balaban J connectivity index is 1.87. The number of benzene rings is 1. The van der Waals surface area contributed by atoms with Crippen molar-refractivity contribution in [2.24, 2.45) is 5.92 Å². The summed E-state index contributed by atoms with van der Waals surface area (Å²) in [7, 11) is 0. The second kappa shape index (κ2) is 4.83. The predicted molar refractivity (Wildman–Crippen MR) is 75.4 cm³/mol. The summed E-state index contributed by atoms with van der Waals surface area (Å²) in [5.41, 5.74) is 1.23. The molecule has 0 saturated heterocycles. The van der Waals surface area contributed by atoms with Gasteiger partial charge in [0.15, 0.2) is 0 Å². The van der Waals surface area contributed by atoms with E-state index in [-0.39, 0.29) is 12.5 Å². The molecule has 1 saturated carbocycles. The van der Waals surface area contributed by atoms with Gasteiger partial charge in [0.2, 0.25) is 5.91 Å². The predicted octanol–water partition coefficient (Wildman–Crippen LogP) is 3.62. The number of carbonyl (C=O) groups excluding carboxylic acids is 1. The first-order chi connectivity index (χ1) is 9.95. The summed E-state index contributed by atoms with van der Waals surface area (Å²) in [6.45, 7) is 3.51. The van der Waals surface area contributed by atoms with Gasteiger partial charge in [-0.05, 0) is 24.6 Å². The summed E-state index contributed by atoms with van der Waals surface area (Å²) < 4.78 is 33.6. The van der Waals surface area contributed by atoms with Crippen molar-refractivity contribution in [3.05, 3.63) is 35.6 Å². The van der Waals surface area contributed by atoms with Gasteiger partial charge in [-0.1, -0.05) is 19.1 Å². The Kier molecular flexibility index (Phi) is 3.23. The fourth-order valence-corrected chi connectivity index (χ4v) is 2.90. The number of aryl methyl sites for hydroxylation is 1. The molecule has 1 N–H and O–H groups in total. The lowest BCUT2D eigenvalue weighted by atomic mass is 10.0. The number of halogens is 2. The molecule has 1 fully saturated rings. The number of amides is 1. The highest BCUT2D eigenvalue weighted by atomic mass is 19.3. The molecule has 0 radical (unpaired) electrons. The smallest absolute Gasteiger partial charge is 0.260 e. The van der Waals surface area contributed by atoms with Crippen LogP contribution >= 0.6 is 0 Å². The monoisotopic (exact) mass is 293 g/mol. The molecule has 3 rings (SSSR count). The van der Waals surface area contributed by atoms with Crippen molar-refractivity contribution in [2.75, 3.05) is 6.54 Å². The molecule has 1 aliphatic rings. The fourth-order valence-electron chi connectivity index (χ4n) is 2.90. The lowest BCUT2D eigenvalue weighted by Gasteiger charge is -2.02. The molecule has 1 amide bonds. The second-order valence-electron chi connectivity index (χ2n) is 5.53. The van der Waals surface area contributed by atoms with E-state index in [2.05, 4.69) is 5.32 Å². The number of hydrogen-bond acceptors (Lipinski definition) is 2. The summed E-state index contributed by atoms with van der Waals surface area (Å²) in [5.74, 6) is -3.96. The van der Waals surface area contributed by atoms with Crippen molar-refractivity contribution in [2.45, 2.75) is 32.1 Å². The van der Waals surface area contributed by atoms with Crippen LogP contribution in [0.15, 0.2) is 28.7 Å². The molecule has 0 spiro atoms. The van der Waals surface area contributed by atoms with Gasteiger partial charge in [-0.25, -0.2) is 8.78 Å². The molecule has 2 atom stereocenters. The van der Waals surface area contributed by atoms with Gasteiger partial charge >= 0.3 is 0 Å². The van der Waals surface area contributed by atoms with E-state index in [0.29, 0.717) is 23.3 Å². The van der Waals surface area contributed by atoms with Crippen molar-refractivity contribution in [3.63, 3.8) is 0 Å². The molecule has 1 heterocycles. The van der Waals surface area contributed by atoms with Gasteiger partial charge in [0.25, 0.3) is 5.92 Å². The van der Waals surface area contributed by atoms with E-state index < -0.39 is 17.8 Å². The summed E-state index contributed by atoms with van der Waals surface area (Å²) >= 11 is 0. The van der Waals surface area contributed by atoms with Crippen molar-refractivity contribution >= 4 is 16.9 Å². The maximum absolute atomic E-state index is 14.1. The Morgan fingerprint density at radius 2 is 2.19 bits per heavy atom. The van der Waals surface area contributed by atoms with Gasteiger partial charge in [0, 0.05) is 18.4 Å². The SMILES string of the molecule is CCC(=O)NCC1C(c2cccc3oc(C)cc23)C1(F)F. The van der Waals surface area contributed by atoms with Gasteiger partial charge in [0.05, 0.1) is 11.8 Å². The van der Waals surface area contributed by atoms with Crippen LogP contribution in [0.4, 0.5) is 8.78 Å². The zero-order chi connectivity index (χ0) is 15.2. The van der Waals surface area contributed by atoms with Crippen LogP contribution in [0.2, 0.25) is 0 Å². The van der Waals surface area contributed by atoms with Gasteiger partial charge in [-0.15, -0.1) is 0 Å². The molecule has 21 heavy (non-hydrogen) atoms. The van der Waals surface area contributed by atoms with E-state index in [1.807, 2.05) is 0 Å². The van der Waals surface area contributed by atoms with Crippen LogP contribution in [0.3, 0.4) is 0 Å². The molecule has 1 aliphatic carbocycles. The number of alkyl halides is 2. The summed E-state index contributed by atoms with van der Waals surface area (Å²) in [6.07, 6.45) is 0.305. The Bertz CT molecular complexity index is 693. The molecule has 0 aliphatic heterocycles. The summed E-state index contributed by atoms with van der Waals surface area (Å²) in [5, 5.41) is 3.30. The van der Waals surface area contributed by atoms with Crippen LogP contribution in [0.25, 0.3) is 11.0 Å². The first-order valence-corrected chi connectivity index (χ1v) is 7.08. The van der Waals surface area contributed by atoms with Gasteiger partial charge in [-0.3, -0.25) is 4.79 Å². The molecule has 2 unspecified atom stereocenters. The third-order valence-electron chi connectivity index (χ3n) is 4.10. The Morgan fingerprint density at radius 1 is 1.43 bits per heavy atom. The molecule has 3 nitrogen and oxygen atoms in total. The normalized spacial score (nSPS) is 23.2. The van der Waals surface area contributed by atoms with Crippen molar-refractivity contribution in [3.8, 4) is 0 Å². The molecule has 1 aromatic carbocycles. The van der Waals surface area contributed by atoms with Gasteiger partial charge < -0.3 is 9.73 Å². The van der Waals surface area contributed by atoms with Crippen molar-refractivity contribution in [1.29, 1.82) is 0 Å². The standard InChI is InChI=1S/C16H17F2NO2/c1-3-14(20)19-8-12-15(16(12,17)18)10-5-4-6-13-11(10)7-9(2)21-13/h4-7,12,15H,3,8H2,1-2H3,(H,19,20). The minimum atomic E-state index is -2.78. The second-order valence-corrected chi connectivity index (χ2v) is 5.53. The first kappa shape index (κ1) is 14.0. The summed E-state index contributed by atoms with van der Waals surface area (Å²) in [6, 6.07) is 7.02. The van der Waals surface area contributed by atoms with E-state index in [4.69, 9.17) is 4.42 Å². The highest BCUT2D eigenvalue weighted by Gasteiger charge is 2.68. The summed E-state index contributed by atoms with van der Waals surface area (Å²) in [4.78, 5) is 11.2. The van der Waals surface area contributed by atoms with Crippen molar-refractivity contribution in [1.82, 2.24) is 5.32 Å². The number of furan rings is 1. The van der Waals surface area contributed by atoms with E-state index >= 15 is 0 Å². The van der Waals surface area contributed by atoms with Crippen LogP contribution in [-0.2, 0) is 4.79 Å². The van der Waals surface area contributed by atoms with E-state index in [1.165, 1.54) is 0 Å². The van der Waals surface area contributed by atoms with Crippen LogP contribution in [0.1, 0.15) is 30.6 Å². The highest BCUT2D eigenvalue weighted by Crippen LogP contribution is 2.62. The number of fused-ring (bicyclic) bond motifs is 1. The lowest BCUT2D eigenvalue weighted by Crippen LogP contribution is -2.26. The maximum Gasteiger partial charge on any atom is 0.260 e. The molecule has 1 aromatic heterocycles. The third kappa shape index (κ3) is 2.30. The van der Waals surface area contributed by atoms with Crippen LogP contribution in [0, 0.1) is 12.8 Å². The number of carbonyl (C=O) groups is 1. The molecular formula is C16H17F2NO2. The van der Waals surface area contributed by atoms with Crippen LogP contribution in [-0.4, -0.2) is 18.4 Å². The third-order valence-corrected chi connectivity index (χ3v) is 4.10. The first-order valence-electron chi connectivity index (χ1n) is 7.08. The Labute approximate surface area is 121 Å². The quantitative estimate of drug-likeness (QED) is 0.935. The molecular weight excluding hydrogens is 276 g/mol. The molecule has 0 bridgehead atoms. The maximum atomic E-state index is 14.1. The average molecular weight is 293 g/mol. The molecule has 112 valence electrons. The van der Waals surface area contributed by atoms with E-state index in [0.717, 1.165) is 5.39 Å². The van der Waals surface area contributed by atoms with Crippen LogP contribution < -0.4 is 5.32 Å². The Hall–Kier alpha value is -1.91. The molecule has 2 aromatic rings. The zero-order valence-corrected chi connectivity index (χ0v) is 12.0. The number of hydrogen-bond donors (Lipinski definition) is 1. The largest absolute Gasteiger partial charge is 0.461 e. The molecule has 5 heteroatoms. The topological polar surface area (TPSA) is 42.2 Å². The van der Waals surface area contributed by atoms with Gasteiger partial charge in [-0.2, -0.15) is 0 Å². The van der Waals surface area contributed by atoms with E-state index in [1.54, 1.807) is 38.1 Å². The number of nitrogens with one attached hydrogen (secondary N) is 1. The van der Waals surface area contributed by atoms with Crippen LogP contribution in [0.5, 0.6) is 0 Å². The average Bonchev–Trinajstić information content (AvgIpc) is 2.78. The fraction of sp³-hybridized carbons (Fsp3) is 0.438. The van der Waals surface area contributed by atoms with E-state index in [9.17, 15) is 13.6 Å². The number of rotatable bonds is 4. The minimum absolute atomic E-state index is 0.0115. The van der Waals surface area contributed by atoms with Gasteiger partial charge in [0.1, 0.15) is 11.3 Å².